The fourth-order valence-electron chi connectivity index (χ4n) is 0.622. The molecule has 0 N–H and O–H groups in total. The Morgan fingerprint density at radius 3 is 1.85 bits per heavy atom. The van der Waals surface area contributed by atoms with E-state index in [9.17, 15) is 13.2 Å². The van der Waals surface area contributed by atoms with Gasteiger partial charge in [0.2, 0.25) is 0 Å². The summed E-state index contributed by atoms with van der Waals surface area (Å²) in [6.45, 7) is 0. The smallest absolute Gasteiger partial charge is 0.406 e. The first-order valence-electron chi connectivity index (χ1n) is 3.22. The van der Waals surface area contributed by atoms with Crippen LogP contribution in [0.4, 0.5) is 13.2 Å². The zero-order valence-electron chi connectivity index (χ0n) is 6.58. The van der Waals surface area contributed by atoms with Gasteiger partial charge in [0.25, 0.3) is 0 Å². The summed E-state index contributed by atoms with van der Waals surface area (Å²) in [5.41, 5.74) is 0. The Morgan fingerprint density at radius 2 is 1.46 bits per heavy atom. The Bertz CT molecular complexity index is 251. The van der Waals surface area contributed by atoms with Gasteiger partial charge in [-0.2, -0.15) is 0 Å². The zero-order valence-corrected chi connectivity index (χ0v) is 6.58. The van der Waals surface area contributed by atoms with Crippen molar-refractivity contribution in [2.24, 2.45) is 0 Å². The molecule has 0 aliphatic rings. The van der Waals surface area contributed by atoms with Crippen molar-refractivity contribution in [3.8, 4) is 18.6 Å². The molecule has 0 atom stereocenters. The van der Waals surface area contributed by atoms with Gasteiger partial charge < -0.3 is 4.74 Å². The molecule has 1 aromatic rings. The molecule has 1 aromatic carbocycles. The molecule has 1 rings (SSSR count). The van der Waals surface area contributed by atoms with Crippen molar-refractivity contribution in [2.45, 2.75) is 6.36 Å². The number of para-hydroxylation sites is 1. The number of ether oxygens (including phenoxy) is 1. The summed E-state index contributed by atoms with van der Waals surface area (Å²) in [5.74, 6) is -0.194. The summed E-state index contributed by atoms with van der Waals surface area (Å²) < 4.78 is 38.2. The van der Waals surface area contributed by atoms with Crippen molar-refractivity contribution in [1.29, 1.82) is 0 Å². The van der Waals surface area contributed by atoms with E-state index in [1.54, 1.807) is 6.07 Å². The van der Waals surface area contributed by atoms with E-state index >= 15 is 0 Å². The van der Waals surface area contributed by atoms with Crippen molar-refractivity contribution in [2.75, 3.05) is 0 Å². The van der Waals surface area contributed by atoms with Crippen molar-refractivity contribution >= 4 is 0 Å². The highest BCUT2D eigenvalue weighted by molar-refractivity contribution is 5.20. The summed E-state index contributed by atoms with van der Waals surface area (Å²) in [7, 11) is 0. The molecule has 13 heavy (non-hydrogen) atoms. The highest BCUT2D eigenvalue weighted by atomic mass is 19.4. The molecule has 0 heterocycles. The van der Waals surface area contributed by atoms with Crippen LogP contribution in [0.1, 0.15) is 0 Å². The molecule has 0 fully saturated rings. The summed E-state index contributed by atoms with van der Waals surface area (Å²) in [4.78, 5) is 0. The van der Waals surface area contributed by atoms with Crippen LogP contribution < -0.4 is 4.74 Å². The van der Waals surface area contributed by atoms with E-state index in [0.717, 1.165) is 0 Å². The summed E-state index contributed by atoms with van der Waals surface area (Å²) in [5, 5.41) is 0. The van der Waals surface area contributed by atoms with Crippen LogP contribution in [0.3, 0.4) is 0 Å². The maximum Gasteiger partial charge on any atom is 0.573 e. The van der Waals surface area contributed by atoms with Gasteiger partial charge in [0.15, 0.2) is 0 Å². The van der Waals surface area contributed by atoms with Crippen molar-refractivity contribution in [1.82, 2.24) is 0 Å². The first-order valence-corrected chi connectivity index (χ1v) is 3.22. The number of rotatable bonds is 1. The predicted octanol–water partition coefficient (Wildman–Crippen LogP) is 2.83. The van der Waals surface area contributed by atoms with Crippen LogP contribution in [0.25, 0.3) is 0 Å². The largest absolute Gasteiger partial charge is 0.573 e. The molecule has 0 aromatic heterocycles. The Balaban J connectivity index is 0.000000671. The molecule has 0 spiro atoms. The quantitative estimate of drug-likeness (QED) is 0.616. The Hall–Kier alpha value is -1.63. The standard InChI is InChI=1S/C7H5F3O.C2H2/c8-7(9,10)11-6-4-2-1-3-5-6;1-2/h1-5H;1-2H. The molecule has 0 amide bonds. The molecule has 1 nitrogen and oxygen atoms in total. The van der Waals surface area contributed by atoms with Gasteiger partial charge in [-0.15, -0.1) is 26.0 Å². The average molecular weight is 188 g/mol. The normalized spacial score (nSPS) is 9.62. The van der Waals surface area contributed by atoms with E-state index in [-0.39, 0.29) is 5.75 Å². The Morgan fingerprint density at radius 1 is 1.00 bits per heavy atom. The SMILES string of the molecule is C#C.FC(F)(F)Oc1ccccc1. The molecular weight excluding hydrogens is 181 g/mol. The van der Waals surface area contributed by atoms with E-state index in [4.69, 9.17) is 0 Å². The highest BCUT2D eigenvalue weighted by Gasteiger charge is 2.30. The number of benzene rings is 1. The van der Waals surface area contributed by atoms with Crippen LogP contribution >= 0.6 is 0 Å². The monoisotopic (exact) mass is 188 g/mol. The molecular formula is C9H7F3O. The lowest BCUT2D eigenvalue weighted by atomic mass is 10.3. The van der Waals surface area contributed by atoms with Crippen LogP contribution in [0, 0.1) is 12.8 Å². The van der Waals surface area contributed by atoms with Gasteiger partial charge >= 0.3 is 6.36 Å². The lowest BCUT2D eigenvalue weighted by molar-refractivity contribution is -0.274. The Kier molecular flexibility index (Phi) is 4.45. The van der Waals surface area contributed by atoms with Gasteiger partial charge in [-0.05, 0) is 12.1 Å². The van der Waals surface area contributed by atoms with Crippen LogP contribution in [0.15, 0.2) is 30.3 Å². The van der Waals surface area contributed by atoms with Gasteiger partial charge in [-0.1, -0.05) is 18.2 Å². The number of terminal acetylenes is 1. The second-order valence-electron chi connectivity index (χ2n) is 1.86. The van der Waals surface area contributed by atoms with Gasteiger partial charge in [0, 0.05) is 0 Å². The zero-order chi connectivity index (χ0) is 10.3. The second-order valence-corrected chi connectivity index (χ2v) is 1.86. The average Bonchev–Trinajstić information content (AvgIpc) is 2.07. The lowest BCUT2D eigenvalue weighted by Crippen LogP contribution is -2.16. The summed E-state index contributed by atoms with van der Waals surface area (Å²) in [6, 6.07) is 7.05. The lowest BCUT2D eigenvalue weighted by Gasteiger charge is -2.07. The minimum Gasteiger partial charge on any atom is -0.406 e. The fraction of sp³-hybridized carbons (Fsp3) is 0.111. The van der Waals surface area contributed by atoms with Crippen LogP contribution in [0.5, 0.6) is 5.75 Å². The summed E-state index contributed by atoms with van der Waals surface area (Å²) in [6.07, 6.45) is 3.40. The Labute approximate surface area is 74.1 Å². The third kappa shape index (κ3) is 5.62. The predicted molar refractivity (Wildman–Crippen MR) is 43.0 cm³/mol. The van der Waals surface area contributed by atoms with Gasteiger partial charge in [0.1, 0.15) is 5.75 Å². The molecule has 70 valence electrons. The molecule has 0 bridgehead atoms. The third-order valence-corrected chi connectivity index (χ3v) is 0.977. The summed E-state index contributed by atoms with van der Waals surface area (Å²) >= 11 is 0. The first-order chi connectivity index (χ1) is 6.08. The van der Waals surface area contributed by atoms with Gasteiger partial charge in [-0.25, -0.2) is 0 Å². The van der Waals surface area contributed by atoms with Gasteiger partial charge in [0.05, 0.1) is 0 Å². The van der Waals surface area contributed by atoms with Crippen LogP contribution in [0.2, 0.25) is 0 Å². The van der Waals surface area contributed by atoms with Crippen LogP contribution in [-0.2, 0) is 0 Å². The van der Waals surface area contributed by atoms with E-state index < -0.39 is 6.36 Å². The maximum absolute atomic E-state index is 11.5. The molecule has 0 unspecified atom stereocenters. The van der Waals surface area contributed by atoms with Crippen molar-refractivity contribution < 1.29 is 17.9 Å². The number of hydrogen-bond acceptors (Lipinski definition) is 1. The minimum atomic E-state index is -4.60. The second kappa shape index (κ2) is 5.09. The number of halogens is 3. The van der Waals surface area contributed by atoms with Gasteiger partial charge in [-0.3, -0.25) is 0 Å². The molecule has 0 aliphatic heterocycles. The maximum atomic E-state index is 11.5. The molecule has 0 aliphatic carbocycles. The molecule has 0 radical (unpaired) electrons. The topological polar surface area (TPSA) is 9.23 Å². The highest BCUT2D eigenvalue weighted by Crippen LogP contribution is 2.21. The van der Waals surface area contributed by atoms with Crippen molar-refractivity contribution in [3.63, 3.8) is 0 Å². The van der Waals surface area contributed by atoms with E-state index in [1.165, 1.54) is 24.3 Å². The number of hydrogen-bond donors (Lipinski definition) is 0. The van der Waals surface area contributed by atoms with E-state index in [0.29, 0.717) is 0 Å². The van der Waals surface area contributed by atoms with E-state index in [2.05, 4.69) is 17.6 Å². The minimum absolute atomic E-state index is 0.194. The van der Waals surface area contributed by atoms with Crippen molar-refractivity contribution in [3.05, 3.63) is 30.3 Å². The molecule has 0 saturated heterocycles. The molecule has 4 heteroatoms. The van der Waals surface area contributed by atoms with Crippen LogP contribution in [-0.4, -0.2) is 6.36 Å². The first kappa shape index (κ1) is 11.4. The third-order valence-electron chi connectivity index (χ3n) is 0.977. The number of alkyl halides is 3. The molecule has 0 saturated carbocycles. The van der Waals surface area contributed by atoms with E-state index in [1.807, 2.05) is 0 Å². The fourth-order valence-corrected chi connectivity index (χ4v) is 0.622.